The van der Waals surface area contributed by atoms with E-state index in [1.54, 1.807) is 0 Å². The molecule has 1 amide bonds. The Hall–Kier alpha value is -2.02. The zero-order valence-corrected chi connectivity index (χ0v) is 12.9. The number of aryl methyl sites for hydroxylation is 1. The van der Waals surface area contributed by atoms with Crippen LogP contribution in [0.2, 0.25) is 0 Å². The van der Waals surface area contributed by atoms with E-state index in [4.69, 9.17) is 0 Å². The standard InChI is InChI=1S/C16H19F2N3O2/c1-11-4-2-9-21-10-12(20-13(11)21)5-8-19-14(22)16(17,18)15(23)6-3-7-15/h2,4,9-10,23H,3,5-8H2,1H3,(H,19,22). The van der Waals surface area contributed by atoms with E-state index in [2.05, 4.69) is 10.3 Å². The Morgan fingerprint density at radius 2 is 2.26 bits per heavy atom. The fourth-order valence-corrected chi connectivity index (χ4v) is 2.78. The lowest BCUT2D eigenvalue weighted by atomic mass is 9.75. The largest absolute Gasteiger partial charge is 0.383 e. The van der Waals surface area contributed by atoms with Gasteiger partial charge in [0, 0.05) is 25.4 Å². The maximum absolute atomic E-state index is 13.9. The molecule has 0 spiro atoms. The molecule has 0 aromatic carbocycles. The number of aromatic nitrogens is 2. The van der Waals surface area contributed by atoms with Gasteiger partial charge < -0.3 is 14.8 Å². The second-order valence-electron chi connectivity index (χ2n) is 6.12. The van der Waals surface area contributed by atoms with Crippen molar-refractivity contribution in [3.8, 4) is 0 Å². The van der Waals surface area contributed by atoms with Gasteiger partial charge in [-0.1, -0.05) is 6.07 Å². The molecular weight excluding hydrogens is 304 g/mol. The van der Waals surface area contributed by atoms with Crippen molar-refractivity contribution in [2.45, 2.75) is 44.1 Å². The molecule has 124 valence electrons. The summed E-state index contributed by atoms with van der Waals surface area (Å²) in [5.41, 5.74) is 0.354. The number of pyridine rings is 1. The molecule has 2 N–H and O–H groups in total. The lowest BCUT2D eigenvalue weighted by Crippen LogP contribution is -2.60. The summed E-state index contributed by atoms with van der Waals surface area (Å²) in [5, 5.41) is 11.9. The molecule has 0 radical (unpaired) electrons. The van der Waals surface area contributed by atoms with Crippen molar-refractivity contribution in [1.29, 1.82) is 0 Å². The molecular formula is C16H19F2N3O2. The van der Waals surface area contributed by atoms with Crippen LogP contribution in [0, 0.1) is 6.92 Å². The van der Waals surface area contributed by atoms with Gasteiger partial charge >= 0.3 is 5.92 Å². The minimum Gasteiger partial charge on any atom is -0.383 e. The third kappa shape index (κ3) is 2.69. The van der Waals surface area contributed by atoms with E-state index in [-0.39, 0.29) is 19.4 Å². The number of hydrogen-bond acceptors (Lipinski definition) is 3. The third-order valence-corrected chi connectivity index (χ3v) is 4.44. The molecule has 23 heavy (non-hydrogen) atoms. The van der Waals surface area contributed by atoms with Crippen LogP contribution in [0.25, 0.3) is 5.65 Å². The molecule has 0 unspecified atom stereocenters. The summed E-state index contributed by atoms with van der Waals surface area (Å²) in [6, 6.07) is 3.84. The van der Waals surface area contributed by atoms with Crippen LogP contribution in [0.5, 0.6) is 0 Å². The Kier molecular flexibility index (Phi) is 3.83. The van der Waals surface area contributed by atoms with Crippen LogP contribution in [-0.2, 0) is 11.2 Å². The van der Waals surface area contributed by atoms with Crippen LogP contribution in [-0.4, -0.2) is 38.5 Å². The minimum atomic E-state index is -3.75. The predicted molar refractivity (Wildman–Crippen MR) is 80.4 cm³/mol. The maximum Gasteiger partial charge on any atom is 0.352 e. The van der Waals surface area contributed by atoms with E-state index in [0.717, 1.165) is 11.2 Å². The summed E-state index contributed by atoms with van der Waals surface area (Å²) in [7, 11) is 0. The molecule has 0 aliphatic heterocycles. The number of aliphatic hydroxyl groups is 1. The van der Waals surface area contributed by atoms with Gasteiger partial charge in [0.05, 0.1) is 5.69 Å². The molecule has 2 heterocycles. The highest BCUT2D eigenvalue weighted by atomic mass is 19.3. The van der Waals surface area contributed by atoms with E-state index in [1.807, 2.05) is 35.9 Å². The Morgan fingerprint density at radius 3 is 2.87 bits per heavy atom. The Balaban J connectivity index is 1.60. The number of hydrogen-bond donors (Lipinski definition) is 2. The maximum atomic E-state index is 13.9. The molecule has 1 fully saturated rings. The van der Waals surface area contributed by atoms with E-state index < -0.39 is 17.4 Å². The average molecular weight is 323 g/mol. The number of halogens is 2. The van der Waals surface area contributed by atoms with Crippen molar-refractivity contribution in [3.63, 3.8) is 0 Å². The van der Waals surface area contributed by atoms with Gasteiger partial charge in [-0.25, -0.2) is 4.98 Å². The first-order chi connectivity index (χ1) is 10.8. The summed E-state index contributed by atoms with van der Waals surface area (Å²) in [6.07, 6.45) is 4.45. The zero-order valence-electron chi connectivity index (χ0n) is 12.9. The lowest BCUT2D eigenvalue weighted by Gasteiger charge is -2.41. The average Bonchev–Trinajstić information content (AvgIpc) is 2.88. The summed E-state index contributed by atoms with van der Waals surface area (Å²) in [5.74, 6) is -5.17. The van der Waals surface area contributed by atoms with Crippen molar-refractivity contribution in [2.75, 3.05) is 6.54 Å². The molecule has 1 aliphatic carbocycles. The van der Waals surface area contributed by atoms with Crippen LogP contribution < -0.4 is 5.32 Å². The summed E-state index contributed by atoms with van der Waals surface area (Å²) >= 11 is 0. The molecule has 2 aromatic rings. The molecule has 0 atom stereocenters. The first-order valence-electron chi connectivity index (χ1n) is 7.65. The summed E-state index contributed by atoms with van der Waals surface area (Å²) < 4.78 is 29.7. The van der Waals surface area contributed by atoms with Crippen LogP contribution in [0.1, 0.15) is 30.5 Å². The second-order valence-corrected chi connectivity index (χ2v) is 6.12. The van der Waals surface area contributed by atoms with Crippen molar-refractivity contribution in [2.24, 2.45) is 0 Å². The molecule has 7 heteroatoms. The summed E-state index contributed by atoms with van der Waals surface area (Å²) in [6.45, 7) is 1.99. The first kappa shape index (κ1) is 15.9. The number of alkyl halides is 2. The molecule has 2 aromatic heterocycles. The second kappa shape index (κ2) is 5.56. The molecule has 1 aliphatic rings. The predicted octanol–water partition coefficient (Wildman–Crippen LogP) is 1.85. The first-order valence-corrected chi connectivity index (χ1v) is 7.65. The number of rotatable bonds is 5. The van der Waals surface area contributed by atoms with E-state index >= 15 is 0 Å². The van der Waals surface area contributed by atoms with Crippen LogP contribution in [0.15, 0.2) is 24.5 Å². The number of nitrogens with one attached hydrogen (secondary N) is 1. The zero-order chi connectivity index (χ0) is 16.7. The van der Waals surface area contributed by atoms with Crippen LogP contribution in [0.4, 0.5) is 8.78 Å². The Bertz CT molecular complexity index is 738. The van der Waals surface area contributed by atoms with Gasteiger partial charge in [-0.05, 0) is 37.8 Å². The van der Waals surface area contributed by atoms with Gasteiger partial charge in [0.1, 0.15) is 11.2 Å². The highest BCUT2D eigenvalue weighted by Crippen LogP contribution is 2.44. The fourth-order valence-electron chi connectivity index (χ4n) is 2.78. The van der Waals surface area contributed by atoms with E-state index in [1.165, 1.54) is 0 Å². The number of fused-ring (bicyclic) bond motifs is 1. The van der Waals surface area contributed by atoms with Gasteiger partial charge in [0.25, 0.3) is 5.91 Å². The van der Waals surface area contributed by atoms with Crippen LogP contribution >= 0.6 is 0 Å². The number of nitrogens with zero attached hydrogens (tertiary/aromatic N) is 2. The van der Waals surface area contributed by atoms with Gasteiger partial charge in [-0.15, -0.1) is 0 Å². The smallest absolute Gasteiger partial charge is 0.352 e. The SMILES string of the molecule is Cc1cccn2cc(CCNC(=O)C(F)(F)C3(O)CCC3)nc12. The topological polar surface area (TPSA) is 66.6 Å². The van der Waals surface area contributed by atoms with Crippen molar-refractivity contribution in [1.82, 2.24) is 14.7 Å². The number of carbonyl (C=O) groups excluding carboxylic acids is 1. The molecule has 1 saturated carbocycles. The quantitative estimate of drug-likeness (QED) is 0.882. The van der Waals surface area contributed by atoms with Gasteiger partial charge in [0.2, 0.25) is 0 Å². The number of carbonyl (C=O) groups is 1. The van der Waals surface area contributed by atoms with E-state index in [0.29, 0.717) is 18.5 Å². The Morgan fingerprint density at radius 1 is 1.52 bits per heavy atom. The molecule has 5 nitrogen and oxygen atoms in total. The molecule has 3 rings (SSSR count). The van der Waals surface area contributed by atoms with Gasteiger partial charge in [-0.2, -0.15) is 8.78 Å². The number of imidazole rings is 1. The van der Waals surface area contributed by atoms with Gasteiger partial charge in [0.15, 0.2) is 0 Å². The minimum absolute atomic E-state index is 0.0425. The fraction of sp³-hybridized carbons (Fsp3) is 0.500. The molecule has 0 bridgehead atoms. The van der Waals surface area contributed by atoms with Crippen LogP contribution in [0.3, 0.4) is 0 Å². The van der Waals surface area contributed by atoms with Crippen molar-refractivity contribution >= 4 is 11.6 Å². The Labute approximate surface area is 132 Å². The normalized spacial score (nSPS) is 17.0. The van der Waals surface area contributed by atoms with E-state index in [9.17, 15) is 18.7 Å². The number of amides is 1. The van der Waals surface area contributed by atoms with Gasteiger partial charge in [-0.3, -0.25) is 4.79 Å². The molecule has 0 saturated heterocycles. The third-order valence-electron chi connectivity index (χ3n) is 4.44. The van der Waals surface area contributed by atoms with Crippen molar-refractivity contribution < 1.29 is 18.7 Å². The highest BCUT2D eigenvalue weighted by Gasteiger charge is 2.60. The highest BCUT2D eigenvalue weighted by molar-refractivity contribution is 5.85. The summed E-state index contributed by atoms with van der Waals surface area (Å²) in [4.78, 5) is 16.1. The lowest BCUT2D eigenvalue weighted by molar-refractivity contribution is -0.215. The monoisotopic (exact) mass is 323 g/mol. The van der Waals surface area contributed by atoms with Crippen molar-refractivity contribution in [3.05, 3.63) is 35.8 Å².